The fraction of sp³-hybridized carbons (Fsp3) is 0.438. The zero-order chi connectivity index (χ0) is 14.5. The van der Waals surface area contributed by atoms with Gasteiger partial charge in [-0.2, -0.15) is 5.10 Å². The lowest BCUT2D eigenvalue weighted by Gasteiger charge is -2.19. The van der Waals surface area contributed by atoms with Crippen molar-refractivity contribution in [1.82, 2.24) is 15.1 Å². The number of rotatable bonds is 6. The van der Waals surface area contributed by atoms with Crippen molar-refractivity contribution in [1.29, 1.82) is 0 Å². The molecule has 1 N–H and O–H groups in total. The lowest BCUT2D eigenvalue weighted by molar-refractivity contribution is 0.597. The zero-order valence-electron chi connectivity index (χ0n) is 12.4. The van der Waals surface area contributed by atoms with Crippen molar-refractivity contribution < 1.29 is 0 Å². The van der Waals surface area contributed by atoms with Crippen molar-refractivity contribution in [3.63, 3.8) is 0 Å². The van der Waals surface area contributed by atoms with Gasteiger partial charge in [-0.25, -0.2) is 0 Å². The molecule has 1 heterocycles. The predicted octanol–water partition coefficient (Wildman–Crippen LogP) is 3.95. The molecule has 0 aliphatic rings. The van der Waals surface area contributed by atoms with E-state index in [0.29, 0.717) is 0 Å². The zero-order valence-corrected chi connectivity index (χ0v) is 13.1. The van der Waals surface area contributed by atoms with Gasteiger partial charge in [0.2, 0.25) is 0 Å². The average molecular weight is 292 g/mol. The summed E-state index contributed by atoms with van der Waals surface area (Å²) in [6.45, 7) is 8.19. The van der Waals surface area contributed by atoms with E-state index in [0.717, 1.165) is 30.1 Å². The minimum absolute atomic E-state index is 0.143. The molecule has 108 valence electrons. The fourth-order valence-electron chi connectivity index (χ4n) is 2.43. The maximum absolute atomic E-state index is 6.25. The van der Waals surface area contributed by atoms with Gasteiger partial charge in [-0.1, -0.05) is 37.6 Å². The molecule has 0 fully saturated rings. The van der Waals surface area contributed by atoms with Gasteiger partial charge in [0.1, 0.15) is 0 Å². The largest absolute Gasteiger partial charge is 0.306 e. The number of aryl methyl sites for hydroxylation is 1. The molecule has 0 radical (unpaired) electrons. The highest BCUT2D eigenvalue weighted by molar-refractivity contribution is 6.31. The van der Waals surface area contributed by atoms with E-state index in [-0.39, 0.29) is 6.04 Å². The Bertz CT molecular complexity index is 563. The topological polar surface area (TPSA) is 29.9 Å². The smallest absolute Gasteiger partial charge is 0.0610 e. The van der Waals surface area contributed by atoms with Crippen LogP contribution in [0.4, 0.5) is 0 Å². The molecule has 0 aliphatic heterocycles. The van der Waals surface area contributed by atoms with Crippen molar-refractivity contribution in [2.45, 2.75) is 39.8 Å². The summed E-state index contributed by atoms with van der Waals surface area (Å²) in [5.41, 5.74) is 3.53. The summed E-state index contributed by atoms with van der Waals surface area (Å²) in [6.07, 6.45) is 5.16. The minimum atomic E-state index is 0.143. The summed E-state index contributed by atoms with van der Waals surface area (Å²) in [5.74, 6) is 0. The second kappa shape index (κ2) is 6.91. The third kappa shape index (κ3) is 3.22. The summed E-state index contributed by atoms with van der Waals surface area (Å²) in [4.78, 5) is 0. The predicted molar refractivity (Wildman–Crippen MR) is 84.2 cm³/mol. The molecule has 0 bridgehead atoms. The molecular formula is C16H22ClN3. The van der Waals surface area contributed by atoms with Gasteiger partial charge in [0.05, 0.1) is 12.2 Å². The lowest BCUT2D eigenvalue weighted by atomic mass is 9.97. The monoisotopic (exact) mass is 291 g/mol. The van der Waals surface area contributed by atoms with E-state index < -0.39 is 0 Å². The first-order chi connectivity index (χ1) is 9.67. The number of hydrogen-bond acceptors (Lipinski definition) is 2. The molecule has 3 nitrogen and oxygen atoms in total. The number of benzene rings is 1. The average Bonchev–Trinajstić information content (AvgIpc) is 2.88. The fourth-order valence-corrected chi connectivity index (χ4v) is 2.61. The highest BCUT2D eigenvalue weighted by atomic mass is 35.5. The second-order valence-corrected chi connectivity index (χ2v) is 5.39. The van der Waals surface area contributed by atoms with E-state index in [1.54, 1.807) is 0 Å². The molecule has 2 rings (SSSR count). The van der Waals surface area contributed by atoms with Crippen LogP contribution in [0.1, 0.15) is 43.0 Å². The van der Waals surface area contributed by atoms with Gasteiger partial charge in [0.15, 0.2) is 0 Å². The molecule has 20 heavy (non-hydrogen) atoms. The number of halogens is 1. The van der Waals surface area contributed by atoms with Gasteiger partial charge in [-0.15, -0.1) is 0 Å². The molecule has 1 aromatic heterocycles. The third-order valence-corrected chi connectivity index (χ3v) is 3.88. The van der Waals surface area contributed by atoms with Crippen LogP contribution in [0.15, 0.2) is 30.6 Å². The highest BCUT2D eigenvalue weighted by Crippen LogP contribution is 2.28. The van der Waals surface area contributed by atoms with Crippen LogP contribution in [0.3, 0.4) is 0 Å². The van der Waals surface area contributed by atoms with Gasteiger partial charge in [-0.05, 0) is 37.1 Å². The van der Waals surface area contributed by atoms with E-state index in [1.165, 1.54) is 11.1 Å². The molecule has 0 spiro atoms. The van der Waals surface area contributed by atoms with E-state index in [4.69, 9.17) is 11.6 Å². The van der Waals surface area contributed by atoms with Crippen LogP contribution in [0.25, 0.3) is 0 Å². The van der Waals surface area contributed by atoms with Crippen molar-refractivity contribution in [2.75, 3.05) is 6.54 Å². The van der Waals surface area contributed by atoms with Crippen LogP contribution >= 0.6 is 11.6 Å². The third-order valence-electron chi connectivity index (χ3n) is 3.47. The summed E-state index contributed by atoms with van der Waals surface area (Å²) < 4.78 is 2.00. The molecule has 0 saturated carbocycles. The van der Waals surface area contributed by atoms with Crippen molar-refractivity contribution in [3.05, 3.63) is 52.3 Å². The normalized spacial score (nSPS) is 12.6. The van der Waals surface area contributed by atoms with E-state index in [2.05, 4.69) is 43.4 Å². The molecular weight excluding hydrogens is 270 g/mol. The summed E-state index contributed by atoms with van der Waals surface area (Å²) >= 11 is 6.25. The summed E-state index contributed by atoms with van der Waals surface area (Å²) in [6, 6.07) is 6.21. The molecule has 0 aliphatic carbocycles. The van der Waals surface area contributed by atoms with Crippen molar-refractivity contribution in [3.8, 4) is 0 Å². The minimum Gasteiger partial charge on any atom is -0.306 e. The first-order valence-electron chi connectivity index (χ1n) is 7.18. The standard InChI is InChI=1S/C16H22ClN3/c1-4-9-20-11-13(10-19-20)16(18-5-2)14-7-6-8-15(17)12(14)3/h6-8,10-11,16,18H,4-5,9H2,1-3H3. The Balaban J connectivity index is 2.36. The first-order valence-corrected chi connectivity index (χ1v) is 7.55. The number of aromatic nitrogens is 2. The van der Waals surface area contributed by atoms with Gasteiger partial charge >= 0.3 is 0 Å². The molecule has 0 saturated heterocycles. The molecule has 4 heteroatoms. The Kier molecular flexibility index (Phi) is 5.21. The van der Waals surface area contributed by atoms with Crippen molar-refractivity contribution in [2.24, 2.45) is 0 Å². The number of nitrogens with one attached hydrogen (secondary N) is 1. The van der Waals surface area contributed by atoms with Gasteiger partial charge in [0, 0.05) is 23.3 Å². The Hall–Kier alpha value is -1.32. The Labute approximate surface area is 126 Å². The Morgan fingerprint density at radius 2 is 2.15 bits per heavy atom. The van der Waals surface area contributed by atoms with Crippen LogP contribution < -0.4 is 5.32 Å². The lowest BCUT2D eigenvalue weighted by Crippen LogP contribution is -2.22. The highest BCUT2D eigenvalue weighted by Gasteiger charge is 2.17. The summed E-state index contributed by atoms with van der Waals surface area (Å²) in [7, 11) is 0. The van der Waals surface area contributed by atoms with Crippen LogP contribution in [0, 0.1) is 6.92 Å². The Morgan fingerprint density at radius 1 is 1.35 bits per heavy atom. The van der Waals surface area contributed by atoms with E-state index in [1.807, 2.05) is 23.0 Å². The van der Waals surface area contributed by atoms with Gasteiger partial charge < -0.3 is 5.32 Å². The molecule has 1 atom stereocenters. The van der Waals surface area contributed by atoms with E-state index in [9.17, 15) is 0 Å². The summed E-state index contributed by atoms with van der Waals surface area (Å²) in [5, 5.41) is 8.77. The molecule has 2 aromatic rings. The molecule has 1 aromatic carbocycles. The van der Waals surface area contributed by atoms with E-state index >= 15 is 0 Å². The van der Waals surface area contributed by atoms with Crippen LogP contribution in [0.2, 0.25) is 5.02 Å². The number of hydrogen-bond donors (Lipinski definition) is 1. The molecule has 0 amide bonds. The Morgan fingerprint density at radius 3 is 2.85 bits per heavy atom. The molecule has 1 unspecified atom stereocenters. The quantitative estimate of drug-likeness (QED) is 0.873. The first kappa shape index (κ1) is 15.1. The van der Waals surface area contributed by atoms with Crippen LogP contribution in [-0.2, 0) is 6.54 Å². The van der Waals surface area contributed by atoms with Crippen LogP contribution in [-0.4, -0.2) is 16.3 Å². The van der Waals surface area contributed by atoms with Gasteiger partial charge in [0.25, 0.3) is 0 Å². The van der Waals surface area contributed by atoms with Gasteiger partial charge in [-0.3, -0.25) is 4.68 Å². The SMILES string of the molecule is CCCn1cc(C(NCC)c2cccc(Cl)c2C)cn1. The maximum atomic E-state index is 6.25. The van der Waals surface area contributed by atoms with Crippen LogP contribution in [0.5, 0.6) is 0 Å². The van der Waals surface area contributed by atoms with Crippen molar-refractivity contribution >= 4 is 11.6 Å². The second-order valence-electron chi connectivity index (χ2n) is 4.98. The maximum Gasteiger partial charge on any atom is 0.0610 e. The number of nitrogens with zero attached hydrogens (tertiary/aromatic N) is 2.